The second-order valence-corrected chi connectivity index (χ2v) is 6.04. The van der Waals surface area contributed by atoms with Crippen LogP contribution in [0.5, 0.6) is 5.75 Å². The highest BCUT2D eigenvalue weighted by Crippen LogP contribution is 2.25. The molecular formula is C16H20ClFN2O3. The number of benzene rings is 1. The number of ether oxygens (including phenoxy) is 1. The number of rotatable bonds is 4. The average Bonchev–Trinajstić information content (AvgIpc) is 2.50. The number of hydrogen-bond acceptors (Lipinski definition) is 3. The van der Waals surface area contributed by atoms with Crippen LogP contribution in [0.25, 0.3) is 0 Å². The van der Waals surface area contributed by atoms with E-state index in [1.165, 1.54) is 25.5 Å². The highest BCUT2D eigenvalue weighted by molar-refractivity contribution is 6.32. The Balaban J connectivity index is 1.83. The summed E-state index contributed by atoms with van der Waals surface area (Å²) in [6, 6.07) is 3.20. The highest BCUT2D eigenvalue weighted by atomic mass is 35.5. The number of hydrogen-bond donors (Lipinski definition) is 2. The number of halogens is 2. The topological polar surface area (TPSA) is 67.4 Å². The zero-order chi connectivity index (χ0) is 16.8. The molecular weight excluding hydrogens is 323 g/mol. The van der Waals surface area contributed by atoms with Gasteiger partial charge in [-0.3, -0.25) is 10.1 Å². The molecule has 0 heterocycles. The predicted octanol–water partition coefficient (Wildman–Crippen LogP) is 3.40. The fourth-order valence-electron chi connectivity index (χ4n) is 2.50. The summed E-state index contributed by atoms with van der Waals surface area (Å²) in [4.78, 5) is 23.8. The number of urea groups is 1. The summed E-state index contributed by atoms with van der Waals surface area (Å²) < 4.78 is 18.3. The van der Waals surface area contributed by atoms with Crippen molar-refractivity contribution in [3.63, 3.8) is 0 Å². The Morgan fingerprint density at radius 3 is 2.65 bits per heavy atom. The van der Waals surface area contributed by atoms with E-state index < -0.39 is 23.9 Å². The van der Waals surface area contributed by atoms with E-state index in [-0.39, 0.29) is 16.8 Å². The zero-order valence-corrected chi connectivity index (χ0v) is 13.7. The Labute approximate surface area is 139 Å². The van der Waals surface area contributed by atoms with Crippen molar-refractivity contribution in [2.45, 2.75) is 51.2 Å². The molecule has 1 atom stereocenters. The number of amides is 3. The normalized spacial score (nSPS) is 16.5. The van der Waals surface area contributed by atoms with Crippen molar-refractivity contribution < 1.29 is 18.7 Å². The molecule has 2 N–H and O–H groups in total. The SMILES string of the molecule is C[C@H](Oc1ccc(F)cc1Cl)C(=O)NC(=O)NC1CCCCC1. The van der Waals surface area contributed by atoms with Gasteiger partial charge in [-0.05, 0) is 38.0 Å². The molecule has 2 rings (SSSR count). The molecule has 0 bridgehead atoms. The van der Waals surface area contributed by atoms with E-state index in [4.69, 9.17) is 16.3 Å². The lowest BCUT2D eigenvalue weighted by molar-refractivity contribution is -0.126. The highest BCUT2D eigenvalue weighted by Gasteiger charge is 2.21. The third-order valence-electron chi connectivity index (χ3n) is 3.74. The van der Waals surface area contributed by atoms with E-state index in [0.717, 1.165) is 31.7 Å². The fraction of sp³-hybridized carbons (Fsp3) is 0.500. The molecule has 1 fully saturated rings. The van der Waals surface area contributed by atoms with Crippen LogP contribution in [0.4, 0.5) is 9.18 Å². The van der Waals surface area contributed by atoms with E-state index in [0.29, 0.717) is 0 Å². The molecule has 0 radical (unpaired) electrons. The Hall–Kier alpha value is -1.82. The van der Waals surface area contributed by atoms with Gasteiger partial charge < -0.3 is 10.1 Å². The maximum Gasteiger partial charge on any atom is 0.321 e. The van der Waals surface area contributed by atoms with Gasteiger partial charge in [0, 0.05) is 6.04 Å². The maximum atomic E-state index is 13.0. The summed E-state index contributed by atoms with van der Waals surface area (Å²) in [5.74, 6) is -0.895. The summed E-state index contributed by atoms with van der Waals surface area (Å²) in [6.45, 7) is 1.49. The first kappa shape index (κ1) is 17.5. The maximum absolute atomic E-state index is 13.0. The molecule has 0 aromatic heterocycles. The van der Waals surface area contributed by atoms with E-state index in [1.807, 2.05) is 0 Å². The minimum Gasteiger partial charge on any atom is -0.479 e. The molecule has 0 saturated heterocycles. The Kier molecular flexibility index (Phi) is 6.21. The summed E-state index contributed by atoms with van der Waals surface area (Å²) >= 11 is 5.84. The lowest BCUT2D eigenvalue weighted by Gasteiger charge is -2.23. The van der Waals surface area contributed by atoms with Gasteiger partial charge in [-0.25, -0.2) is 9.18 Å². The Morgan fingerprint density at radius 1 is 1.30 bits per heavy atom. The Morgan fingerprint density at radius 2 is 2.00 bits per heavy atom. The molecule has 1 aromatic carbocycles. The third kappa shape index (κ3) is 5.39. The number of carbonyl (C=O) groups is 2. The van der Waals surface area contributed by atoms with Gasteiger partial charge in [0.05, 0.1) is 5.02 Å². The van der Waals surface area contributed by atoms with Crippen LogP contribution in [0.2, 0.25) is 5.02 Å². The van der Waals surface area contributed by atoms with Gasteiger partial charge in [0.2, 0.25) is 0 Å². The van der Waals surface area contributed by atoms with Crippen molar-refractivity contribution in [3.8, 4) is 5.75 Å². The van der Waals surface area contributed by atoms with Gasteiger partial charge in [-0.2, -0.15) is 0 Å². The van der Waals surface area contributed by atoms with Crippen molar-refractivity contribution in [2.75, 3.05) is 0 Å². The molecule has 23 heavy (non-hydrogen) atoms. The fourth-order valence-corrected chi connectivity index (χ4v) is 2.71. The van der Waals surface area contributed by atoms with Crippen LogP contribution in [0.15, 0.2) is 18.2 Å². The van der Waals surface area contributed by atoms with Crippen LogP contribution in [-0.2, 0) is 4.79 Å². The van der Waals surface area contributed by atoms with Crippen molar-refractivity contribution in [3.05, 3.63) is 29.0 Å². The predicted molar refractivity (Wildman–Crippen MR) is 85.0 cm³/mol. The molecule has 0 unspecified atom stereocenters. The van der Waals surface area contributed by atoms with Crippen molar-refractivity contribution in [2.24, 2.45) is 0 Å². The second kappa shape index (κ2) is 8.15. The molecule has 0 spiro atoms. The van der Waals surface area contributed by atoms with Crippen LogP contribution in [0, 0.1) is 5.82 Å². The number of imide groups is 1. The molecule has 7 heteroatoms. The lowest BCUT2D eigenvalue weighted by atomic mass is 9.96. The average molecular weight is 343 g/mol. The standard InChI is InChI=1S/C16H20ClFN2O3/c1-10(23-14-8-7-11(18)9-13(14)17)15(21)20-16(22)19-12-5-3-2-4-6-12/h7-10,12H,2-6H2,1H3,(H2,19,20,21,22)/t10-/m0/s1. The molecule has 1 aromatic rings. The first-order valence-corrected chi connectivity index (χ1v) is 8.06. The Bertz CT molecular complexity index is 576. The first-order valence-electron chi connectivity index (χ1n) is 7.69. The number of carbonyl (C=O) groups excluding carboxylic acids is 2. The van der Waals surface area contributed by atoms with Crippen LogP contribution < -0.4 is 15.4 Å². The molecule has 1 saturated carbocycles. The van der Waals surface area contributed by atoms with Gasteiger partial charge in [-0.15, -0.1) is 0 Å². The number of nitrogens with one attached hydrogen (secondary N) is 2. The van der Waals surface area contributed by atoms with E-state index in [9.17, 15) is 14.0 Å². The zero-order valence-electron chi connectivity index (χ0n) is 12.9. The smallest absolute Gasteiger partial charge is 0.321 e. The molecule has 0 aliphatic heterocycles. The monoisotopic (exact) mass is 342 g/mol. The van der Waals surface area contributed by atoms with E-state index >= 15 is 0 Å². The van der Waals surface area contributed by atoms with Crippen molar-refractivity contribution >= 4 is 23.5 Å². The molecule has 5 nitrogen and oxygen atoms in total. The lowest BCUT2D eigenvalue weighted by Crippen LogP contribution is -2.48. The van der Waals surface area contributed by atoms with E-state index in [2.05, 4.69) is 10.6 Å². The molecule has 126 valence electrons. The largest absolute Gasteiger partial charge is 0.479 e. The van der Waals surface area contributed by atoms with Crippen molar-refractivity contribution in [1.29, 1.82) is 0 Å². The summed E-state index contributed by atoms with van der Waals surface area (Å²) in [5.41, 5.74) is 0. The summed E-state index contributed by atoms with van der Waals surface area (Å²) in [5, 5.41) is 5.10. The first-order chi connectivity index (χ1) is 11.0. The minimum absolute atomic E-state index is 0.0660. The third-order valence-corrected chi connectivity index (χ3v) is 4.04. The molecule has 1 aliphatic rings. The summed E-state index contributed by atoms with van der Waals surface area (Å²) in [7, 11) is 0. The van der Waals surface area contributed by atoms with Gasteiger partial charge >= 0.3 is 6.03 Å². The van der Waals surface area contributed by atoms with Gasteiger partial charge in [0.25, 0.3) is 5.91 Å². The van der Waals surface area contributed by atoms with Crippen LogP contribution in [0.3, 0.4) is 0 Å². The van der Waals surface area contributed by atoms with E-state index in [1.54, 1.807) is 0 Å². The van der Waals surface area contributed by atoms with Crippen LogP contribution in [-0.4, -0.2) is 24.1 Å². The quantitative estimate of drug-likeness (QED) is 0.881. The van der Waals surface area contributed by atoms with Gasteiger partial charge in [0.1, 0.15) is 11.6 Å². The van der Waals surface area contributed by atoms with Crippen LogP contribution in [0.1, 0.15) is 39.0 Å². The minimum atomic E-state index is -0.935. The van der Waals surface area contributed by atoms with Crippen LogP contribution >= 0.6 is 11.6 Å². The second-order valence-electron chi connectivity index (χ2n) is 5.63. The van der Waals surface area contributed by atoms with Gasteiger partial charge in [-0.1, -0.05) is 30.9 Å². The molecule has 3 amide bonds. The van der Waals surface area contributed by atoms with Gasteiger partial charge in [0.15, 0.2) is 6.10 Å². The van der Waals surface area contributed by atoms with Crippen molar-refractivity contribution in [1.82, 2.24) is 10.6 Å². The molecule has 1 aliphatic carbocycles. The summed E-state index contributed by atoms with van der Waals surface area (Å²) in [6.07, 6.45) is 4.28.